The number of aryl methyl sites for hydroxylation is 1. The average molecular weight is 288 g/mol. The van der Waals surface area contributed by atoms with Crippen LogP contribution in [0.3, 0.4) is 0 Å². The van der Waals surface area contributed by atoms with E-state index in [4.69, 9.17) is 9.47 Å². The summed E-state index contributed by atoms with van der Waals surface area (Å²) in [4.78, 5) is 20.3. The standard InChI is InChI=1S/C14H16N4O3/c1-4-10-9(14(19)21-5-2)8-15-13(16-10)11-6-7-12(20-3)18-17-11/h6-8H,4-5H2,1-3H3. The third kappa shape index (κ3) is 3.31. The number of hydrogen-bond donors (Lipinski definition) is 0. The van der Waals surface area contributed by atoms with Crippen molar-refractivity contribution in [1.82, 2.24) is 20.2 Å². The van der Waals surface area contributed by atoms with Gasteiger partial charge < -0.3 is 9.47 Å². The summed E-state index contributed by atoms with van der Waals surface area (Å²) in [5.41, 5.74) is 1.52. The molecule has 0 fully saturated rings. The van der Waals surface area contributed by atoms with Gasteiger partial charge in [0, 0.05) is 12.3 Å². The van der Waals surface area contributed by atoms with Gasteiger partial charge in [0.2, 0.25) is 5.88 Å². The van der Waals surface area contributed by atoms with Crippen LogP contribution in [0.2, 0.25) is 0 Å². The Kier molecular flexibility index (Phi) is 4.76. The topological polar surface area (TPSA) is 87.1 Å². The van der Waals surface area contributed by atoms with Crippen molar-refractivity contribution in [2.45, 2.75) is 20.3 Å². The van der Waals surface area contributed by atoms with Gasteiger partial charge in [0.1, 0.15) is 5.69 Å². The number of nitrogens with zero attached hydrogens (tertiary/aromatic N) is 4. The predicted molar refractivity (Wildman–Crippen MR) is 74.9 cm³/mol. The fraction of sp³-hybridized carbons (Fsp3) is 0.357. The summed E-state index contributed by atoms with van der Waals surface area (Å²) in [6.45, 7) is 3.98. The Morgan fingerprint density at radius 2 is 2.05 bits per heavy atom. The quantitative estimate of drug-likeness (QED) is 0.773. The van der Waals surface area contributed by atoms with Crippen molar-refractivity contribution in [2.75, 3.05) is 13.7 Å². The molecule has 0 amide bonds. The first kappa shape index (κ1) is 14.8. The van der Waals surface area contributed by atoms with Crippen LogP contribution in [0.5, 0.6) is 5.88 Å². The molecule has 0 saturated carbocycles. The molecule has 0 atom stereocenters. The summed E-state index contributed by atoms with van der Waals surface area (Å²) in [6, 6.07) is 3.39. The van der Waals surface area contributed by atoms with Gasteiger partial charge in [0.15, 0.2) is 5.82 Å². The van der Waals surface area contributed by atoms with E-state index < -0.39 is 5.97 Å². The second-order valence-electron chi connectivity index (χ2n) is 4.09. The summed E-state index contributed by atoms with van der Waals surface area (Å²) in [7, 11) is 1.52. The van der Waals surface area contributed by atoms with Crippen molar-refractivity contribution in [1.29, 1.82) is 0 Å². The molecule has 110 valence electrons. The Morgan fingerprint density at radius 3 is 2.62 bits per heavy atom. The van der Waals surface area contributed by atoms with E-state index >= 15 is 0 Å². The first-order valence-electron chi connectivity index (χ1n) is 6.60. The number of methoxy groups -OCH3 is 1. The van der Waals surface area contributed by atoms with Gasteiger partial charge in [0.25, 0.3) is 0 Å². The van der Waals surface area contributed by atoms with Crippen LogP contribution in [-0.4, -0.2) is 39.9 Å². The van der Waals surface area contributed by atoms with Crippen LogP contribution in [0, 0.1) is 0 Å². The van der Waals surface area contributed by atoms with Crippen molar-refractivity contribution in [3.63, 3.8) is 0 Å². The number of carbonyl (C=O) groups is 1. The second-order valence-corrected chi connectivity index (χ2v) is 4.09. The molecule has 7 nitrogen and oxygen atoms in total. The largest absolute Gasteiger partial charge is 0.480 e. The van der Waals surface area contributed by atoms with Gasteiger partial charge in [-0.15, -0.1) is 10.2 Å². The van der Waals surface area contributed by atoms with E-state index in [0.717, 1.165) is 0 Å². The normalized spacial score (nSPS) is 10.2. The molecule has 0 bridgehead atoms. The highest BCUT2D eigenvalue weighted by molar-refractivity contribution is 5.90. The van der Waals surface area contributed by atoms with Crippen LogP contribution in [0.25, 0.3) is 11.5 Å². The monoisotopic (exact) mass is 288 g/mol. The summed E-state index contributed by atoms with van der Waals surface area (Å²) < 4.78 is 9.93. The lowest BCUT2D eigenvalue weighted by Gasteiger charge is -2.07. The van der Waals surface area contributed by atoms with Crippen molar-refractivity contribution in [2.24, 2.45) is 0 Å². The first-order chi connectivity index (χ1) is 10.2. The third-order valence-corrected chi connectivity index (χ3v) is 2.78. The number of hydrogen-bond acceptors (Lipinski definition) is 7. The summed E-state index contributed by atoms with van der Waals surface area (Å²) in [5.74, 6) is 0.411. The predicted octanol–water partition coefficient (Wildman–Crippen LogP) is 1.68. The highest BCUT2D eigenvalue weighted by Crippen LogP contribution is 2.16. The second kappa shape index (κ2) is 6.74. The zero-order chi connectivity index (χ0) is 15.2. The lowest BCUT2D eigenvalue weighted by atomic mass is 10.2. The van der Waals surface area contributed by atoms with Crippen molar-refractivity contribution in [3.8, 4) is 17.4 Å². The smallest absolute Gasteiger partial charge is 0.341 e. The molecule has 2 rings (SSSR count). The fourth-order valence-corrected chi connectivity index (χ4v) is 1.74. The van der Waals surface area contributed by atoms with E-state index in [1.807, 2.05) is 6.92 Å². The molecule has 21 heavy (non-hydrogen) atoms. The van der Waals surface area contributed by atoms with Gasteiger partial charge in [-0.25, -0.2) is 14.8 Å². The summed E-state index contributed by atoms with van der Waals surface area (Å²) in [5, 5.41) is 7.86. The number of ether oxygens (including phenoxy) is 2. The molecule has 0 aliphatic heterocycles. The molecule has 0 aliphatic carbocycles. The van der Waals surface area contributed by atoms with Crippen LogP contribution in [0.4, 0.5) is 0 Å². The van der Waals surface area contributed by atoms with Crippen LogP contribution < -0.4 is 4.74 Å². The van der Waals surface area contributed by atoms with Gasteiger partial charge in [0.05, 0.1) is 25.0 Å². The number of carbonyl (C=O) groups excluding carboxylic acids is 1. The molecule has 0 saturated heterocycles. The van der Waals surface area contributed by atoms with E-state index in [0.29, 0.717) is 41.7 Å². The molecular formula is C14H16N4O3. The average Bonchev–Trinajstić information content (AvgIpc) is 2.54. The molecule has 7 heteroatoms. The lowest BCUT2D eigenvalue weighted by molar-refractivity contribution is 0.0524. The third-order valence-electron chi connectivity index (χ3n) is 2.78. The van der Waals surface area contributed by atoms with Gasteiger partial charge in [-0.05, 0) is 19.4 Å². The maximum absolute atomic E-state index is 11.8. The minimum Gasteiger partial charge on any atom is -0.480 e. The van der Waals surface area contributed by atoms with Gasteiger partial charge in [-0.3, -0.25) is 0 Å². The van der Waals surface area contributed by atoms with E-state index in [-0.39, 0.29) is 0 Å². The van der Waals surface area contributed by atoms with Crippen molar-refractivity contribution in [3.05, 3.63) is 29.6 Å². The molecule has 0 N–H and O–H groups in total. The first-order valence-corrected chi connectivity index (χ1v) is 6.60. The van der Waals surface area contributed by atoms with E-state index in [1.54, 1.807) is 19.1 Å². The zero-order valence-corrected chi connectivity index (χ0v) is 12.2. The molecule has 0 aromatic carbocycles. The maximum atomic E-state index is 11.8. The Labute approximate surface area is 122 Å². The van der Waals surface area contributed by atoms with E-state index in [9.17, 15) is 4.79 Å². The fourth-order valence-electron chi connectivity index (χ4n) is 1.74. The highest BCUT2D eigenvalue weighted by atomic mass is 16.5. The van der Waals surface area contributed by atoms with Crippen molar-refractivity contribution < 1.29 is 14.3 Å². The van der Waals surface area contributed by atoms with E-state index in [2.05, 4.69) is 20.2 Å². The Hall–Kier alpha value is -2.57. The van der Waals surface area contributed by atoms with Crippen LogP contribution in [0.1, 0.15) is 29.9 Å². The molecule has 2 heterocycles. The number of aromatic nitrogens is 4. The molecular weight excluding hydrogens is 272 g/mol. The Morgan fingerprint density at radius 1 is 1.24 bits per heavy atom. The highest BCUT2D eigenvalue weighted by Gasteiger charge is 2.15. The summed E-state index contributed by atoms with van der Waals surface area (Å²) in [6.07, 6.45) is 2.05. The maximum Gasteiger partial charge on any atom is 0.341 e. The van der Waals surface area contributed by atoms with Crippen LogP contribution in [-0.2, 0) is 11.2 Å². The van der Waals surface area contributed by atoms with Gasteiger partial charge in [-0.1, -0.05) is 6.92 Å². The summed E-state index contributed by atoms with van der Waals surface area (Å²) >= 11 is 0. The minimum absolute atomic E-state index is 0.313. The zero-order valence-electron chi connectivity index (χ0n) is 12.2. The molecule has 2 aromatic rings. The number of esters is 1. The minimum atomic E-state index is -0.415. The molecule has 0 radical (unpaired) electrons. The van der Waals surface area contributed by atoms with Crippen LogP contribution >= 0.6 is 0 Å². The van der Waals surface area contributed by atoms with Gasteiger partial charge >= 0.3 is 5.97 Å². The molecule has 0 spiro atoms. The number of rotatable bonds is 5. The Bertz CT molecular complexity index is 629. The van der Waals surface area contributed by atoms with Crippen LogP contribution in [0.15, 0.2) is 18.3 Å². The Balaban J connectivity index is 2.35. The molecule has 0 unspecified atom stereocenters. The lowest BCUT2D eigenvalue weighted by Crippen LogP contribution is -2.11. The van der Waals surface area contributed by atoms with E-state index in [1.165, 1.54) is 13.3 Å². The molecule has 2 aromatic heterocycles. The molecule has 0 aliphatic rings. The van der Waals surface area contributed by atoms with Gasteiger partial charge in [-0.2, -0.15) is 0 Å². The van der Waals surface area contributed by atoms with Crippen molar-refractivity contribution >= 4 is 5.97 Å². The SMILES string of the molecule is CCOC(=O)c1cnc(-c2ccc(OC)nn2)nc1CC.